The number of anilines is 1. The zero-order valence-corrected chi connectivity index (χ0v) is 11.5. The van der Waals surface area contributed by atoms with Gasteiger partial charge in [-0.15, -0.1) is 0 Å². The van der Waals surface area contributed by atoms with Crippen LogP contribution in [-0.4, -0.2) is 16.6 Å². The molecule has 1 aromatic rings. The third-order valence-corrected chi connectivity index (χ3v) is 2.25. The van der Waals surface area contributed by atoms with Gasteiger partial charge in [-0.2, -0.15) is 0 Å². The van der Waals surface area contributed by atoms with Crippen molar-refractivity contribution < 1.29 is 14.5 Å². The Kier molecular flexibility index (Phi) is 4.47. The molecule has 0 aliphatic rings. The SMILES string of the molecule is Cc1ccc(C[N+](=O)[O-])cc1NC(=O)OC(C)(C)C. The predicted molar refractivity (Wildman–Crippen MR) is 71.7 cm³/mol. The van der Waals surface area contributed by atoms with E-state index in [1.165, 1.54) is 0 Å². The zero-order valence-electron chi connectivity index (χ0n) is 11.5. The largest absolute Gasteiger partial charge is 0.444 e. The number of rotatable bonds is 3. The summed E-state index contributed by atoms with van der Waals surface area (Å²) < 4.78 is 5.13. The van der Waals surface area contributed by atoms with Gasteiger partial charge < -0.3 is 4.74 Å². The molecule has 0 saturated carbocycles. The minimum atomic E-state index is -0.587. The number of aryl methyl sites for hydroxylation is 1. The van der Waals surface area contributed by atoms with Crippen molar-refractivity contribution in [2.45, 2.75) is 39.8 Å². The Balaban J connectivity index is 2.82. The first-order valence-electron chi connectivity index (χ1n) is 5.89. The fraction of sp³-hybridized carbons (Fsp3) is 0.462. The molecule has 0 radical (unpaired) electrons. The summed E-state index contributed by atoms with van der Waals surface area (Å²) in [6.45, 7) is 6.83. The first kappa shape index (κ1) is 14.9. The third kappa shape index (κ3) is 5.37. The van der Waals surface area contributed by atoms with Crippen molar-refractivity contribution >= 4 is 11.8 Å². The second-order valence-corrected chi connectivity index (χ2v) is 5.27. The molecule has 6 heteroatoms. The number of hydrogen-bond acceptors (Lipinski definition) is 4. The van der Waals surface area contributed by atoms with E-state index < -0.39 is 16.6 Å². The Morgan fingerprint density at radius 2 is 2.05 bits per heavy atom. The number of nitrogens with one attached hydrogen (secondary N) is 1. The van der Waals surface area contributed by atoms with E-state index in [0.717, 1.165) is 5.56 Å². The maximum absolute atomic E-state index is 11.6. The number of amides is 1. The van der Waals surface area contributed by atoms with Crippen LogP contribution in [0.25, 0.3) is 0 Å². The van der Waals surface area contributed by atoms with Crippen molar-refractivity contribution in [3.8, 4) is 0 Å². The van der Waals surface area contributed by atoms with Crippen LogP contribution >= 0.6 is 0 Å². The predicted octanol–water partition coefficient (Wildman–Crippen LogP) is 3.12. The molecular weight excluding hydrogens is 248 g/mol. The third-order valence-electron chi connectivity index (χ3n) is 2.25. The van der Waals surface area contributed by atoms with E-state index in [-0.39, 0.29) is 6.54 Å². The van der Waals surface area contributed by atoms with Gasteiger partial charge in [-0.05, 0) is 39.3 Å². The minimum absolute atomic E-state index is 0.275. The highest BCUT2D eigenvalue weighted by molar-refractivity contribution is 5.86. The second-order valence-electron chi connectivity index (χ2n) is 5.27. The molecule has 0 bridgehead atoms. The number of carbonyl (C=O) groups is 1. The van der Waals surface area contributed by atoms with Gasteiger partial charge in [0.1, 0.15) is 5.60 Å². The molecule has 0 saturated heterocycles. The highest BCUT2D eigenvalue weighted by Gasteiger charge is 2.17. The van der Waals surface area contributed by atoms with Gasteiger partial charge in [0.15, 0.2) is 0 Å². The second kappa shape index (κ2) is 5.69. The maximum atomic E-state index is 11.6. The summed E-state index contributed by atoms with van der Waals surface area (Å²) in [4.78, 5) is 21.7. The van der Waals surface area contributed by atoms with Gasteiger partial charge in [-0.1, -0.05) is 12.1 Å². The molecule has 19 heavy (non-hydrogen) atoms. The van der Waals surface area contributed by atoms with Gasteiger partial charge in [-0.25, -0.2) is 4.79 Å². The molecule has 0 fully saturated rings. The molecule has 0 heterocycles. The lowest BCUT2D eigenvalue weighted by Crippen LogP contribution is -2.27. The lowest BCUT2D eigenvalue weighted by molar-refractivity contribution is -0.496. The van der Waals surface area contributed by atoms with Gasteiger partial charge in [-0.3, -0.25) is 15.4 Å². The Hall–Kier alpha value is -2.11. The average Bonchev–Trinajstić information content (AvgIpc) is 2.19. The monoisotopic (exact) mass is 266 g/mol. The maximum Gasteiger partial charge on any atom is 0.412 e. The normalized spacial score (nSPS) is 10.9. The van der Waals surface area contributed by atoms with E-state index in [0.29, 0.717) is 11.3 Å². The number of carbonyl (C=O) groups excluding carboxylic acids is 1. The van der Waals surface area contributed by atoms with E-state index in [1.807, 2.05) is 6.92 Å². The molecule has 0 aromatic heterocycles. The smallest absolute Gasteiger partial charge is 0.412 e. The molecule has 0 aliphatic carbocycles. The highest BCUT2D eigenvalue weighted by Crippen LogP contribution is 2.18. The quantitative estimate of drug-likeness (QED) is 0.673. The fourth-order valence-corrected chi connectivity index (χ4v) is 1.46. The van der Waals surface area contributed by atoms with Crippen LogP contribution in [-0.2, 0) is 11.3 Å². The fourth-order valence-electron chi connectivity index (χ4n) is 1.46. The van der Waals surface area contributed by atoms with Crippen LogP contribution in [0.15, 0.2) is 18.2 Å². The summed E-state index contributed by atoms with van der Waals surface area (Å²) in [6.07, 6.45) is -0.575. The Morgan fingerprint density at radius 3 is 2.58 bits per heavy atom. The van der Waals surface area contributed by atoms with Crippen LogP contribution in [0.5, 0.6) is 0 Å². The minimum Gasteiger partial charge on any atom is -0.444 e. The van der Waals surface area contributed by atoms with Crippen molar-refractivity contribution in [1.29, 1.82) is 0 Å². The van der Waals surface area contributed by atoms with Crippen LogP contribution in [0, 0.1) is 17.0 Å². The Morgan fingerprint density at radius 1 is 1.42 bits per heavy atom. The zero-order chi connectivity index (χ0) is 14.6. The van der Waals surface area contributed by atoms with Crippen LogP contribution in [0.2, 0.25) is 0 Å². The van der Waals surface area contributed by atoms with Crippen molar-refractivity contribution in [2.75, 3.05) is 5.32 Å². The van der Waals surface area contributed by atoms with Crippen LogP contribution in [0.4, 0.5) is 10.5 Å². The number of nitrogens with zero attached hydrogens (tertiary/aromatic N) is 1. The van der Waals surface area contributed by atoms with Gasteiger partial charge in [0, 0.05) is 16.2 Å². The summed E-state index contributed by atoms with van der Waals surface area (Å²) in [6, 6.07) is 4.98. The number of ether oxygens (including phenoxy) is 1. The Labute approximate surface area is 111 Å². The van der Waals surface area contributed by atoms with Gasteiger partial charge in [0.25, 0.3) is 0 Å². The molecule has 6 nitrogen and oxygen atoms in total. The van der Waals surface area contributed by atoms with Gasteiger partial charge in [0.2, 0.25) is 6.54 Å². The first-order chi connectivity index (χ1) is 8.67. The van der Waals surface area contributed by atoms with Crippen molar-refractivity contribution in [2.24, 2.45) is 0 Å². The molecule has 1 amide bonds. The summed E-state index contributed by atoms with van der Waals surface area (Å²) in [5, 5.41) is 13.1. The number of hydrogen-bond donors (Lipinski definition) is 1. The van der Waals surface area contributed by atoms with E-state index in [1.54, 1.807) is 39.0 Å². The van der Waals surface area contributed by atoms with Gasteiger partial charge in [0.05, 0.1) is 0 Å². The van der Waals surface area contributed by atoms with Crippen LogP contribution in [0.3, 0.4) is 0 Å². The molecule has 104 valence electrons. The number of benzene rings is 1. The molecule has 0 atom stereocenters. The van der Waals surface area contributed by atoms with Crippen LogP contribution in [0.1, 0.15) is 31.9 Å². The average molecular weight is 266 g/mol. The lowest BCUT2D eigenvalue weighted by atomic mass is 10.1. The summed E-state index contributed by atoms with van der Waals surface area (Å²) in [5.41, 5.74) is 1.28. The van der Waals surface area contributed by atoms with E-state index in [2.05, 4.69) is 5.32 Å². The highest BCUT2D eigenvalue weighted by atomic mass is 16.6. The molecule has 0 unspecified atom stereocenters. The summed E-state index contributed by atoms with van der Waals surface area (Å²) in [5.74, 6) is 0. The molecule has 1 aromatic carbocycles. The molecule has 0 spiro atoms. The summed E-state index contributed by atoms with van der Waals surface area (Å²) in [7, 11) is 0. The molecule has 1 rings (SSSR count). The molecule has 1 N–H and O–H groups in total. The first-order valence-corrected chi connectivity index (χ1v) is 5.89. The molecule has 0 aliphatic heterocycles. The van der Waals surface area contributed by atoms with Gasteiger partial charge >= 0.3 is 6.09 Å². The van der Waals surface area contributed by atoms with Crippen molar-refractivity contribution in [3.05, 3.63) is 39.4 Å². The standard InChI is InChI=1S/C13H18N2O4/c1-9-5-6-10(8-15(17)18)7-11(9)14-12(16)19-13(2,3)4/h5-7H,8H2,1-4H3,(H,14,16). The van der Waals surface area contributed by atoms with E-state index >= 15 is 0 Å². The van der Waals surface area contributed by atoms with Crippen molar-refractivity contribution in [1.82, 2.24) is 0 Å². The van der Waals surface area contributed by atoms with E-state index in [9.17, 15) is 14.9 Å². The lowest BCUT2D eigenvalue weighted by Gasteiger charge is -2.20. The topological polar surface area (TPSA) is 81.5 Å². The summed E-state index contributed by atoms with van der Waals surface area (Å²) >= 11 is 0. The Bertz CT molecular complexity index is 492. The number of nitro groups is 1. The van der Waals surface area contributed by atoms with Crippen molar-refractivity contribution in [3.63, 3.8) is 0 Å². The van der Waals surface area contributed by atoms with E-state index in [4.69, 9.17) is 4.74 Å². The molecular formula is C13H18N2O4. The van der Waals surface area contributed by atoms with Crippen LogP contribution < -0.4 is 5.32 Å².